The van der Waals surface area contributed by atoms with Gasteiger partial charge in [0.2, 0.25) is 15.9 Å². The molecule has 1 fully saturated rings. The number of anilines is 1. The Bertz CT molecular complexity index is 625. The highest BCUT2D eigenvalue weighted by molar-refractivity contribution is 7.89. The van der Waals surface area contributed by atoms with Crippen LogP contribution in [0.5, 0.6) is 0 Å². The van der Waals surface area contributed by atoms with Gasteiger partial charge in [-0.3, -0.25) is 4.79 Å². The van der Waals surface area contributed by atoms with Gasteiger partial charge in [-0.1, -0.05) is 11.6 Å². The third-order valence-electron chi connectivity index (χ3n) is 3.26. The number of halogens is 1. The molecule has 2 rings (SSSR count). The van der Waals surface area contributed by atoms with Crippen molar-refractivity contribution in [2.75, 3.05) is 31.9 Å². The van der Waals surface area contributed by atoms with Crippen molar-refractivity contribution < 1.29 is 13.2 Å². The monoisotopic (exact) mass is 317 g/mol. The van der Waals surface area contributed by atoms with Gasteiger partial charge in [0.15, 0.2) is 0 Å². The summed E-state index contributed by atoms with van der Waals surface area (Å²) < 4.78 is 26.4. The molecule has 1 aromatic carbocycles. The highest BCUT2D eigenvalue weighted by Crippen LogP contribution is 2.27. The Labute approximate surface area is 123 Å². The van der Waals surface area contributed by atoms with Crippen LogP contribution in [0.15, 0.2) is 23.1 Å². The Balaban J connectivity index is 2.24. The molecule has 0 aliphatic carbocycles. The summed E-state index contributed by atoms with van der Waals surface area (Å²) in [5.74, 6) is -0.0518. The number of benzene rings is 1. The number of hydrogen-bond acceptors (Lipinski definition) is 4. The first-order valence-corrected chi connectivity index (χ1v) is 7.95. The first-order valence-electron chi connectivity index (χ1n) is 6.13. The van der Waals surface area contributed by atoms with Gasteiger partial charge in [0, 0.05) is 38.8 Å². The average Bonchev–Trinajstić information content (AvgIpc) is 2.41. The minimum Gasteiger partial charge on any atom is -0.399 e. The Hall–Kier alpha value is -1.31. The summed E-state index contributed by atoms with van der Waals surface area (Å²) in [5.41, 5.74) is 5.96. The average molecular weight is 318 g/mol. The van der Waals surface area contributed by atoms with Crippen LogP contribution < -0.4 is 5.73 Å². The third kappa shape index (κ3) is 2.89. The van der Waals surface area contributed by atoms with Gasteiger partial charge < -0.3 is 10.6 Å². The second-order valence-corrected chi connectivity index (χ2v) is 6.91. The molecule has 110 valence electrons. The number of amides is 1. The Morgan fingerprint density at radius 1 is 1.25 bits per heavy atom. The quantitative estimate of drug-likeness (QED) is 0.817. The summed E-state index contributed by atoms with van der Waals surface area (Å²) in [6, 6.07) is 4.37. The lowest BCUT2D eigenvalue weighted by molar-refractivity contribution is -0.129. The first kappa shape index (κ1) is 15.1. The van der Waals surface area contributed by atoms with Gasteiger partial charge in [0.25, 0.3) is 0 Å². The number of nitrogens with zero attached hydrogens (tertiary/aromatic N) is 2. The highest BCUT2D eigenvalue weighted by Gasteiger charge is 2.30. The molecule has 20 heavy (non-hydrogen) atoms. The number of nitrogen functional groups attached to an aromatic ring is 1. The smallest absolute Gasteiger partial charge is 0.244 e. The van der Waals surface area contributed by atoms with E-state index in [1.165, 1.54) is 23.4 Å². The molecule has 1 saturated heterocycles. The van der Waals surface area contributed by atoms with Crippen LogP contribution in [0.3, 0.4) is 0 Å². The van der Waals surface area contributed by atoms with E-state index in [1.54, 1.807) is 11.0 Å². The number of nitrogens with two attached hydrogens (primary N) is 1. The number of carbonyl (C=O) groups excluding carboxylic acids is 1. The summed E-state index contributed by atoms with van der Waals surface area (Å²) in [5, 5.41) is 0.146. The molecular formula is C12H16ClN3O3S. The van der Waals surface area contributed by atoms with Gasteiger partial charge in [-0.15, -0.1) is 0 Å². The van der Waals surface area contributed by atoms with Crippen molar-refractivity contribution in [2.24, 2.45) is 0 Å². The number of rotatable bonds is 2. The molecule has 1 aliphatic rings. The zero-order chi connectivity index (χ0) is 14.9. The van der Waals surface area contributed by atoms with E-state index in [0.717, 1.165) is 0 Å². The predicted molar refractivity (Wildman–Crippen MR) is 76.9 cm³/mol. The molecule has 1 amide bonds. The minimum atomic E-state index is -3.68. The van der Waals surface area contributed by atoms with Crippen molar-refractivity contribution in [1.29, 1.82) is 0 Å². The summed E-state index contributed by atoms with van der Waals surface area (Å²) in [6.45, 7) is 2.75. The van der Waals surface area contributed by atoms with E-state index in [9.17, 15) is 13.2 Å². The van der Waals surface area contributed by atoms with Crippen LogP contribution in [-0.4, -0.2) is 49.7 Å². The van der Waals surface area contributed by atoms with Crippen LogP contribution in [0.4, 0.5) is 5.69 Å². The standard InChI is InChI=1S/C12H16ClN3O3S/c1-9(17)15-4-6-16(7-5-15)20(18,19)12-8-10(14)2-3-11(12)13/h2-3,8H,4-7,14H2,1H3. The molecule has 2 N–H and O–H groups in total. The van der Waals surface area contributed by atoms with Gasteiger partial charge >= 0.3 is 0 Å². The zero-order valence-electron chi connectivity index (χ0n) is 11.0. The SMILES string of the molecule is CC(=O)N1CCN(S(=O)(=O)c2cc(N)ccc2Cl)CC1. The number of hydrogen-bond donors (Lipinski definition) is 1. The molecule has 0 atom stereocenters. The van der Waals surface area contributed by atoms with Crippen molar-refractivity contribution in [1.82, 2.24) is 9.21 Å². The first-order chi connectivity index (χ1) is 9.32. The van der Waals surface area contributed by atoms with Gasteiger partial charge in [-0.25, -0.2) is 8.42 Å². The Kier molecular flexibility index (Phi) is 4.22. The summed E-state index contributed by atoms with van der Waals surface area (Å²) >= 11 is 5.95. The van der Waals surface area contributed by atoms with E-state index < -0.39 is 10.0 Å². The van der Waals surface area contributed by atoms with Crippen LogP contribution in [0, 0.1) is 0 Å². The second-order valence-electron chi connectivity index (χ2n) is 4.60. The normalized spacial score (nSPS) is 17.2. The lowest BCUT2D eigenvalue weighted by Crippen LogP contribution is -2.49. The van der Waals surface area contributed by atoms with Gasteiger partial charge in [-0.2, -0.15) is 4.31 Å². The summed E-state index contributed by atoms with van der Waals surface area (Å²) in [7, 11) is -3.68. The molecule has 0 bridgehead atoms. The van der Waals surface area contributed by atoms with Crippen LogP contribution >= 0.6 is 11.6 Å². The summed E-state index contributed by atoms with van der Waals surface area (Å²) in [6.07, 6.45) is 0. The topological polar surface area (TPSA) is 83.7 Å². The van der Waals surface area contributed by atoms with Crippen molar-refractivity contribution in [3.8, 4) is 0 Å². The predicted octanol–water partition coefficient (Wildman–Crippen LogP) is 0.775. The lowest BCUT2D eigenvalue weighted by Gasteiger charge is -2.33. The molecule has 0 aromatic heterocycles. The molecule has 1 aliphatic heterocycles. The highest BCUT2D eigenvalue weighted by atomic mass is 35.5. The van der Waals surface area contributed by atoms with Crippen LogP contribution in [0.25, 0.3) is 0 Å². The molecule has 0 spiro atoms. The van der Waals surface area contributed by atoms with Gasteiger partial charge in [0.1, 0.15) is 4.90 Å². The molecule has 8 heteroatoms. The Morgan fingerprint density at radius 2 is 1.85 bits per heavy atom. The maximum Gasteiger partial charge on any atom is 0.244 e. The van der Waals surface area contributed by atoms with Crippen molar-refractivity contribution in [2.45, 2.75) is 11.8 Å². The molecule has 0 saturated carbocycles. The number of carbonyl (C=O) groups is 1. The maximum absolute atomic E-state index is 12.5. The maximum atomic E-state index is 12.5. The van der Waals surface area contributed by atoms with E-state index in [2.05, 4.69) is 0 Å². The zero-order valence-corrected chi connectivity index (χ0v) is 12.6. The third-order valence-corrected chi connectivity index (χ3v) is 5.64. The fraction of sp³-hybridized carbons (Fsp3) is 0.417. The lowest BCUT2D eigenvalue weighted by atomic mass is 10.3. The van der Waals surface area contributed by atoms with E-state index in [0.29, 0.717) is 18.8 Å². The van der Waals surface area contributed by atoms with E-state index >= 15 is 0 Å². The molecule has 1 aromatic rings. The van der Waals surface area contributed by atoms with E-state index in [4.69, 9.17) is 17.3 Å². The second kappa shape index (κ2) is 5.59. The fourth-order valence-corrected chi connectivity index (χ4v) is 4.03. The van der Waals surface area contributed by atoms with Crippen molar-refractivity contribution in [3.63, 3.8) is 0 Å². The van der Waals surface area contributed by atoms with Crippen LogP contribution in [0.1, 0.15) is 6.92 Å². The number of piperazine rings is 1. The van der Waals surface area contributed by atoms with Gasteiger partial charge in [0.05, 0.1) is 5.02 Å². The molecule has 0 radical (unpaired) electrons. The molecule has 1 heterocycles. The Morgan fingerprint density at radius 3 is 2.40 bits per heavy atom. The minimum absolute atomic E-state index is 0.00967. The van der Waals surface area contributed by atoms with E-state index in [1.807, 2.05) is 0 Å². The van der Waals surface area contributed by atoms with Crippen LogP contribution in [0.2, 0.25) is 5.02 Å². The van der Waals surface area contributed by atoms with Crippen LogP contribution in [-0.2, 0) is 14.8 Å². The summed E-state index contributed by atoms with van der Waals surface area (Å²) in [4.78, 5) is 12.9. The number of sulfonamides is 1. The molecule has 6 nitrogen and oxygen atoms in total. The van der Waals surface area contributed by atoms with Crippen molar-refractivity contribution in [3.05, 3.63) is 23.2 Å². The van der Waals surface area contributed by atoms with Gasteiger partial charge in [-0.05, 0) is 18.2 Å². The molecular weight excluding hydrogens is 302 g/mol. The van der Waals surface area contributed by atoms with Crippen molar-refractivity contribution >= 4 is 33.2 Å². The molecule has 0 unspecified atom stereocenters. The van der Waals surface area contributed by atoms with E-state index in [-0.39, 0.29) is 28.9 Å². The largest absolute Gasteiger partial charge is 0.399 e. The fourth-order valence-electron chi connectivity index (χ4n) is 2.10.